The second-order valence-corrected chi connectivity index (χ2v) is 10.6. The van der Waals surface area contributed by atoms with Gasteiger partial charge in [0.15, 0.2) is 0 Å². The Hall–Kier alpha value is -2.35. The quantitative estimate of drug-likeness (QED) is 0.315. The second-order valence-electron chi connectivity index (χ2n) is 10.6. The normalized spacial score (nSPS) is 33.5. The molecule has 0 bridgehead atoms. The van der Waals surface area contributed by atoms with Crippen molar-refractivity contribution >= 4 is 16.9 Å². The molecule has 0 unspecified atom stereocenters. The Labute approximate surface area is 207 Å². The molecule has 7 nitrogen and oxygen atoms in total. The van der Waals surface area contributed by atoms with Crippen molar-refractivity contribution in [1.82, 2.24) is 4.98 Å². The molecular weight excluding hydrogens is 446 g/mol. The number of rotatable bonds is 9. The molecule has 1 aliphatic carbocycles. The number of carbonyl (C=O) groups excluding carboxylic acids is 1. The molecular formula is C28H37NO6. The fraction of sp³-hybridized carbons (Fsp3) is 0.607. The number of epoxide rings is 2. The van der Waals surface area contributed by atoms with Crippen LogP contribution in [-0.4, -0.2) is 61.3 Å². The fourth-order valence-electron chi connectivity index (χ4n) is 6.03. The number of H-pyrrole nitrogens is 1. The number of benzene rings is 1. The van der Waals surface area contributed by atoms with Crippen LogP contribution < -0.4 is 4.74 Å². The first-order chi connectivity index (χ1) is 16.8. The number of methoxy groups -OCH3 is 2. The lowest BCUT2D eigenvalue weighted by atomic mass is 9.68. The van der Waals surface area contributed by atoms with Crippen LogP contribution in [0, 0.1) is 5.92 Å². The number of hydrogen-bond acceptors (Lipinski definition) is 6. The highest BCUT2D eigenvalue weighted by Crippen LogP contribution is 2.59. The van der Waals surface area contributed by atoms with Crippen LogP contribution in [0.4, 0.5) is 0 Å². The molecule has 2 aliphatic heterocycles. The maximum Gasteiger partial charge on any atom is 0.306 e. The Morgan fingerprint density at radius 3 is 2.77 bits per heavy atom. The number of carbonyl (C=O) groups is 1. The summed E-state index contributed by atoms with van der Waals surface area (Å²) in [6.45, 7) is 7.08. The molecule has 3 heterocycles. The molecule has 2 saturated heterocycles. The van der Waals surface area contributed by atoms with Crippen molar-refractivity contribution < 1.29 is 28.5 Å². The van der Waals surface area contributed by atoms with Crippen LogP contribution in [0.2, 0.25) is 0 Å². The average Bonchev–Trinajstić information content (AvgIpc) is 3.72. The molecule has 35 heavy (non-hydrogen) atoms. The zero-order chi connectivity index (χ0) is 24.8. The van der Waals surface area contributed by atoms with Gasteiger partial charge >= 0.3 is 5.97 Å². The maximum atomic E-state index is 12.9. The summed E-state index contributed by atoms with van der Waals surface area (Å²) in [5, 5.41) is 1.07. The average molecular weight is 484 g/mol. The van der Waals surface area contributed by atoms with Gasteiger partial charge in [-0.25, -0.2) is 0 Å². The van der Waals surface area contributed by atoms with Crippen LogP contribution in [0.5, 0.6) is 5.75 Å². The molecule has 0 amide bonds. The van der Waals surface area contributed by atoms with Gasteiger partial charge in [-0.3, -0.25) is 4.79 Å². The number of ether oxygens (including phenoxy) is 5. The minimum Gasteiger partial charge on any atom is -0.497 e. The minimum absolute atomic E-state index is 0.0307. The summed E-state index contributed by atoms with van der Waals surface area (Å²) in [4.78, 5) is 16.2. The van der Waals surface area contributed by atoms with Crippen LogP contribution in [0.1, 0.15) is 52.0 Å². The lowest BCUT2D eigenvalue weighted by Crippen LogP contribution is -2.55. The molecule has 6 atom stereocenters. The van der Waals surface area contributed by atoms with E-state index in [9.17, 15) is 4.79 Å². The molecule has 1 N–H and O–H groups in total. The lowest BCUT2D eigenvalue weighted by molar-refractivity contribution is -0.171. The first-order valence-corrected chi connectivity index (χ1v) is 12.6. The molecule has 1 aromatic heterocycles. The maximum absolute atomic E-state index is 12.9. The zero-order valence-electron chi connectivity index (χ0n) is 21.4. The van der Waals surface area contributed by atoms with E-state index in [1.54, 1.807) is 14.2 Å². The van der Waals surface area contributed by atoms with Crippen LogP contribution in [0.25, 0.3) is 10.9 Å². The van der Waals surface area contributed by atoms with E-state index in [4.69, 9.17) is 23.7 Å². The summed E-state index contributed by atoms with van der Waals surface area (Å²) in [5.74, 6) is 0.624. The Bertz CT molecular complexity index is 1110. The smallest absolute Gasteiger partial charge is 0.306 e. The van der Waals surface area contributed by atoms with Crippen molar-refractivity contribution in [2.75, 3.05) is 20.8 Å². The molecule has 3 fully saturated rings. The number of aromatic amines is 1. The summed E-state index contributed by atoms with van der Waals surface area (Å²) >= 11 is 0. The molecule has 0 radical (unpaired) electrons. The Balaban J connectivity index is 1.25. The van der Waals surface area contributed by atoms with Crippen molar-refractivity contribution in [3.63, 3.8) is 0 Å². The Kier molecular flexibility index (Phi) is 6.45. The van der Waals surface area contributed by atoms with E-state index >= 15 is 0 Å². The molecule has 2 aromatic rings. The third kappa shape index (κ3) is 4.61. The van der Waals surface area contributed by atoms with Gasteiger partial charge in [0.2, 0.25) is 0 Å². The van der Waals surface area contributed by atoms with Gasteiger partial charge in [0.1, 0.15) is 29.2 Å². The largest absolute Gasteiger partial charge is 0.497 e. The Morgan fingerprint density at radius 2 is 2.09 bits per heavy atom. The van der Waals surface area contributed by atoms with Gasteiger partial charge in [-0.05, 0) is 70.2 Å². The third-order valence-electron chi connectivity index (χ3n) is 8.09. The molecule has 1 saturated carbocycles. The predicted molar refractivity (Wildman–Crippen MR) is 133 cm³/mol. The van der Waals surface area contributed by atoms with Gasteiger partial charge in [0.25, 0.3) is 0 Å². The molecule has 190 valence electrons. The van der Waals surface area contributed by atoms with Gasteiger partial charge in [0.05, 0.1) is 25.7 Å². The van der Waals surface area contributed by atoms with Crippen LogP contribution >= 0.6 is 0 Å². The first kappa shape index (κ1) is 24.3. The van der Waals surface area contributed by atoms with Crippen molar-refractivity contribution in [3.8, 4) is 5.75 Å². The summed E-state index contributed by atoms with van der Waals surface area (Å²) in [5.41, 5.74) is 2.83. The number of aryl methyl sites for hydroxylation is 1. The van der Waals surface area contributed by atoms with Gasteiger partial charge in [-0.15, -0.1) is 0 Å². The van der Waals surface area contributed by atoms with Gasteiger partial charge in [-0.1, -0.05) is 11.6 Å². The van der Waals surface area contributed by atoms with Crippen molar-refractivity contribution in [2.45, 2.75) is 82.4 Å². The van der Waals surface area contributed by atoms with Gasteiger partial charge < -0.3 is 28.7 Å². The molecule has 3 aliphatic rings. The number of fused-ring (bicyclic) bond motifs is 1. The van der Waals surface area contributed by atoms with E-state index in [1.165, 1.54) is 5.57 Å². The van der Waals surface area contributed by atoms with Crippen molar-refractivity contribution in [1.29, 1.82) is 0 Å². The third-order valence-corrected chi connectivity index (χ3v) is 8.09. The monoisotopic (exact) mass is 483 g/mol. The number of allylic oxidation sites excluding steroid dienone is 1. The number of nitrogens with one attached hydrogen (secondary N) is 1. The van der Waals surface area contributed by atoms with Gasteiger partial charge in [0, 0.05) is 30.6 Å². The number of esters is 1. The molecule has 1 aromatic carbocycles. The second kappa shape index (κ2) is 9.26. The number of hydrogen-bond donors (Lipinski definition) is 1. The summed E-state index contributed by atoms with van der Waals surface area (Å²) < 4.78 is 29.6. The van der Waals surface area contributed by atoms with Gasteiger partial charge in [-0.2, -0.15) is 0 Å². The summed E-state index contributed by atoms with van der Waals surface area (Å²) in [6.07, 6.45) is 7.12. The van der Waals surface area contributed by atoms with Crippen molar-refractivity contribution in [3.05, 3.63) is 41.6 Å². The SMILES string of the molecule is COc1ccc2[nH]cc(CCC(=O)O[C@@H]3CC[C@]4(CO4)[C@@H]([C@@]4(C)O[C@@H]4CC=C(C)C)[C@@H]3OC)c2c1. The molecule has 1 spiro atoms. The highest BCUT2D eigenvalue weighted by atomic mass is 16.6. The lowest BCUT2D eigenvalue weighted by Gasteiger charge is -2.42. The van der Waals surface area contributed by atoms with Crippen LogP contribution in [-0.2, 0) is 30.2 Å². The first-order valence-electron chi connectivity index (χ1n) is 12.6. The standard InChI is InChI=1S/C28H37NO6/c1-17(2)6-10-23-27(3,35-23)26-25(32-5)22(12-13-28(26)16-33-28)34-24(30)11-7-18-15-29-21-9-8-19(31-4)14-20(18)21/h6,8-9,14-15,22-23,25-26,29H,7,10-13,16H2,1-5H3/t22-,23-,25-,26-,27+,28+/m1/s1. The van der Waals surface area contributed by atoms with E-state index < -0.39 is 0 Å². The number of aromatic nitrogens is 1. The minimum atomic E-state index is -0.336. The van der Waals surface area contributed by atoms with Crippen LogP contribution in [0.15, 0.2) is 36.0 Å². The van der Waals surface area contributed by atoms with E-state index in [1.807, 2.05) is 24.4 Å². The van der Waals surface area contributed by atoms with Crippen molar-refractivity contribution in [2.24, 2.45) is 5.92 Å². The predicted octanol–water partition coefficient (Wildman–Crippen LogP) is 4.73. The summed E-state index contributed by atoms with van der Waals surface area (Å²) in [6, 6.07) is 5.91. The fourth-order valence-corrected chi connectivity index (χ4v) is 6.03. The van der Waals surface area contributed by atoms with E-state index in [-0.39, 0.29) is 41.4 Å². The summed E-state index contributed by atoms with van der Waals surface area (Å²) in [7, 11) is 3.36. The Morgan fingerprint density at radius 1 is 1.29 bits per heavy atom. The zero-order valence-corrected chi connectivity index (χ0v) is 21.4. The highest BCUT2D eigenvalue weighted by molar-refractivity contribution is 5.85. The van der Waals surface area contributed by atoms with E-state index in [0.29, 0.717) is 12.8 Å². The van der Waals surface area contributed by atoms with E-state index in [0.717, 1.165) is 48.1 Å². The van der Waals surface area contributed by atoms with Crippen LogP contribution in [0.3, 0.4) is 0 Å². The highest BCUT2D eigenvalue weighted by Gasteiger charge is 2.72. The molecule has 7 heteroatoms. The van der Waals surface area contributed by atoms with E-state index in [2.05, 4.69) is 31.8 Å². The molecule has 5 rings (SSSR count). The topological polar surface area (TPSA) is 85.6 Å².